The zero-order valence-corrected chi connectivity index (χ0v) is 11.2. The third kappa shape index (κ3) is 1.86. The quantitative estimate of drug-likeness (QED) is 0.781. The van der Waals surface area contributed by atoms with Gasteiger partial charge in [0.15, 0.2) is 0 Å². The average molecular weight is 252 g/mol. The Morgan fingerprint density at radius 2 is 2.17 bits per heavy atom. The molecule has 2 saturated heterocycles. The molecule has 3 fully saturated rings. The predicted octanol–water partition coefficient (Wildman–Crippen LogP) is 0.892. The zero-order valence-electron chi connectivity index (χ0n) is 11.2. The van der Waals surface area contributed by atoms with Crippen LogP contribution in [0.3, 0.4) is 0 Å². The van der Waals surface area contributed by atoms with E-state index in [2.05, 4.69) is 12.2 Å². The van der Waals surface area contributed by atoms with Crippen LogP contribution in [0.25, 0.3) is 0 Å². The van der Waals surface area contributed by atoms with Gasteiger partial charge in [0.25, 0.3) is 0 Å². The van der Waals surface area contributed by atoms with Crippen LogP contribution in [0.1, 0.15) is 45.4 Å². The number of rotatable bonds is 4. The summed E-state index contributed by atoms with van der Waals surface area (Å²) in [6.07, 6.45) is 6.27. The largest absolute Gasteiger partial charge is 0.386 e. The Balaban J connectivity index is 1.64. The van der Waals surface area contributed by atoms with E-state index in [4.69, 9.17) is 0 Å². The molecule has 4 nitrogen and oxygen atoms in total. The van der Waals surface area contributed by atoms with Crippen LogP contribution in [0.5, 0.6) is 0 Å². The number of hydrogen-bond donors (Lipinski definition) is 2. The smallest absolute Gasteiger partial charge is 0.243 e. The van der Waals surface area contributed by atoms with Crippen molar-refractivity contribution < 1.29 is 9.90 Å². The normalized spacial score (nSPS) is 34.4. The Morgan fingerprint density at radius 1 is 1.44 bits per heavy atom. The second kappa shape index (κ2) is 4.20. The van der Waals surface area contributed by atoms with E-state index in [1.807, 2.05) is 4.90 Å². The van der Waals surface area contributed by atoms with Gasteiger partial charge in [-0.15, -0.1) is 0 Å². The molecule has 1 saturated carbocycles. The molecule has 4 heteroatoms. The first-order chi connectivity index (χ1) is 8.60. The summed E-state index contributed by atoms with van der Waals surface area (Å²) in [5, 5.41) is 13.7. The third-order valence-corrected chi connectivity index (χ3v) is 4.88. The van der Waals surface area contributed by atoms with E-state index in [1.54, 1.807) is 0 Å². The topological polar surface area (TPSA) is 52.6 Å². The molecule has 18 heavy (non-hydrogen) atoms. The van der Waals surface area contributed by atoms with Crippen molar-refractivity contribution in [2.45, 2.75) is 56.6 Å². The maximum atomic E-state index is 12.6. The molecule has 0 aromatic rings. The molecule has 102 valence electrons. The number of hydrogen-bond acceptors (Lipinski definition) is 3. The van der Waals surface area contributed by atoms with Crippen molar-refractivity contribution in [2.24, 2.45) is 5.92 Å². The molecule has 1 aliphatic carbocycles. The molecule has 3 aliphatic rings. The lowest BCUT2D eigenvalue weighted by Gasteiger charge is -2.49. The van der Waals surface area contributed by atoms with Crippen LogP contribution < -0.4 is 5.32 Å². The lowest BCUT2D eigenvalue weighted by Crippen LogP contribution is -2.69. The number of nitrogens with one attached hydrogen (secondary N) is 1. The van der Waals surface area contributed by atoms with Gasteiger partial charge in [0.2, 0.25) is 5.91 Å². The summed E-state index contributed by atoms with van der Waals surface area (Å²) < 4.78 is 0. The number of likely N-dealkylation sites (tertiary alicyclic amines) is 1. The number of β-amino-alcohol motifs (C(OH)–C–C–N with tert-alkyl or cyclic N) is 1. The van der Waals surface area contributed by atoms with Gasteiger partial charge in [0.1, 0.15) is 5.60 Å². The molecular weight excluding hydrogens is 228 g/mol. The molecule has 1 atom stereocenters. The molecule has 0 aromatic heterocycles. The minimum absolute atomic E-state index is 0.229. The molecule has 0 bridgehead atoms. The molecule has 0 aromatic carbocycles. The highest BCUT2D eigenvalue weighted by atomic mass is 16.3. The predicted molar refractivity (Wildman–Crippen MR) is 69.1 cm³/mol. The molecule has 0 radical (unpaired) electrons. The fourth-order valence-corrected chi connectivity index (χ4v) is 3.68. The van der Waals surface area contributed by atoms with Crippen molar-refractivity contribution in [3.05, 3.63) is 0 Å². The van der Waals surface area contributed by atoms with Crippen LogP contribution in [0.2, 0.25) is 0 Å². The highest BCUT2D eigenvalue weighted by Crippen LogP contribution is 2.45. The van der Waals surface area contributed by atoms with Crippen LogP contribution in [0.15, 0.2) is 0 Å². The summed E-state index contributed by atoms with van der Waals surface area (Å²) in [6.45, 7) is 4.20. The van der Waals surface area contributed by atoms with Crippen molar-refractivity contribution in [3.63, 3.8) is 0 Å². The first-order valence-corrected chi connectivity index (χ1v) is 7.36. The van der Waals surface area contributed by atoms with Gasteiger partial charge in [-0.1, -0.05) is 13.3 Å². The van der Waals surface area contributed by atoms with Crippen LogP contribution in [-0.4, -0.2) is 46.7 Å². The van der Waals surface area contributed by atoms with Gasteiger partial charge >= 0.3 is 0 Å². The SMILES string of the molecule is CCCC1(C(=O)N2CC(O)(C3CC3)C2)CCCN1. The number of carbonyl (C=O) groups is 1. The fourth-order valence-electron chi connectivity index (χ4n) is 3.68. The van der Waals surface area contributed by atoms with Crippen molar-refractivity contribution in [1.29, 1.82) is 0 Å². The molecular formula is C14H24N2O2. The monoisotopic (exact) mass is 252 g/mol. The van der Waals surface area contributed by atoms with E-state index < -0.39 is 5.60 Å². The minimum Gasteiger partial charge on any atom is -0.386 e. The van der Waals surface area contributed by atoms with Crippen LogP contribution in [-0.2, 0) is 4.79 Å². The Hall–Kier alpha value is -0.610. The minimum atomic E-state index is -0.554. The van der Waals surface area contributed by atoms with Crippen LogP contribution >= 0.6 is 0 Å². The Kier molecular flexibility index (Phi) is 2.90. The fraction of sp³-hybridized carbons (Fsp3) is 0.929. The molecule has 2 heterocycles. The molecule has 1 unspecified atom stereocenters. The molecule has 2 aliphatic heterocycles. The number of nitrogens with zero attached hydrogens (tertiary/aromatic N) is 1. The number of aliphatic hydroxyl groups is 1. The van der Waals surface area contributed by atoms with E-state index in [1.165, 1.54) is 0 Å². The summed E-state index contributed by atoms with van der Waals surface area (Å²) in [5.41, 5.74) is -0.874. The lowest BCUT2D eigenvalue weighted by molar-refractivity contribution is -0.165. The van der Waals surface area contributed by atoms with E-state index in [-0.39, 0.29) is 11.4 Å². The van der Waals surface area contributed by atoms with Gasteiger partial charge in [-0.3, -0.25) is 4.79 Å². The molecule has 0 spiro atoms. The van der Waals surface area contributed by atoms with Gasteiger partial charge in [-0.2, -0.15) is 0 Å². The lowest BCUT2D eigenvalue weighted by atomic mass is 9.84. The zero-order chi connectivity index (χ0) is 12.8. The summed E-state index contributed by atoms with van der Waals surface area (Å²) in [4.78, 5) is 14.5. The summed E-state index contributed by atoms with van der Waals surface area (Å²) >= 11 is 0. The second-order valence-corrected chi connectivity index (χ2v) is 6.40. The Labute approximate surface area is 109 Å². The number of carbonyl (C=O) groups excluding carboxylic acids is 1. The Morgan fingerprint density at radius 3 is 2.67 bits per heavy atom. The van der Waals surface area contributed by atoms with E-state index >= 15 is 0 Å². The van der Waals surface area contributed by atoms with Crippen molar-refractivity contribution in [1.82, 2.24) is 10.2 Å². The van der Waals surface area contributed by atoms with Crippen molar-refractivity contribution in [2.75, 3.05) is 19.6 Å². The first-order valence-electron chi connectivity index (χ1n) is 7.36. The molecule has 1 amide bonds. The van der Waals surface area contributed by atoms with Gasteiger partial charge in [-0.05, 0) is 44.6 Å². The summed E-state index contributed by atoms with van der Waals surface area (Å²) in [5.74, 6) is 0.687. The van der Waals surface area contributed by atoms with Gasteiger partial charge < -0.3 is 15.3 Å². The third-order valence-electron chi connectivity index (χ3n) is 4.88. The van der Waals surface area contributed by atoms with Crippen molar-refractivity contribution in [3.8, 4) is 0 Å². The van der Waals surface area contributed by atoms with Crippen LogP contribution in [0.4, 0.5) is 0 Å². The maximum Gasteiger partial charge on any atom is 0.243 e. The second-order valence-electron chi connectivity index (χ2n) is 6.40. The highest BCUT2D eigenvalue weighted by Gasteiger charge is 2.56. The number of amides is 1. The maximum absolute atomic E-state index is 12.6. The Bertz CT molecular complexity index is 340. The molecule has 3 rings (SSSR count). The summed E-state index contributed by atoms with van der Waals surface area (Å²) in [6, 6.07) is 0. The average Bonchev–Trinajstić information content (AvgIpc) is 3.06. The van der Waals surface area contributed by atoms with E-state index in [9.17, 15) is 9.90 Å². The van der Waals surface area contributed by atoms with Gasteiger partial charge in [0, 0.05) is 0 Å². The van der Waals surface area contributed by atoms with Gasteiger partial charge in [-0.25, -0.2) is 0 Å². The van der Waals surface area contributed by atoms with E-state index in [0.29, 0.717) is 19.0 Å². The highest BCUT2D eigenvalue weighted by molar-refractivity contribution is 5.87. The van der Waals surface area contributed by atoms with Gasteiger partial charge in [0.05, 0.1) is 18.6 Å². The first kappa shape index (κ1) is 12.4. The molecule has 2 N–H and O–H groups in total. The standard InChI is InChI=1S/C14H24N2O2/c1-2-6-13(7-3-8-15-13)12(17)16-9-14(18,10-16)11-4-5-11/h11,15,18H,2-10H2,1H3. The van der Waals surface area contributed by atoms with Crippen LogP contribution in [0, 0.1) is 5.92 Å². The van der Waals surface area contributed by atoms with Crippen molar-refractivity contribution >= 4 is 5.91 Å². The van der Waals surface area contributed by atoms with E-state index in [0.717, 1.165) is 45.1 Å². The summed E-state index contributed by atoms with van der Waals surface area (Å²) in [7, 11) is 0.